The summed E-state index contributed by atoms with van der Waals surface area (Å²) in [5.74, 6) is -0.210. The van der Waals surface area contributed by atoms with Crippen LogP contribution in [0, 0.1) is 0 Å². The summed E-state index contributed by atoms with van der Waals surface area (Å²) < 4.78 is 6.80. The Hall–Kier alpha value is -1.18. The number of carbonyl (C=O) groups is 1. The normalized spacial score (nSPS) is 12.2. The van der Waals surface area contributed by atoms with E-state index in [9.17, 15) is 9.59 Å². The highest BCUT2D eigenvalue weighted by molar-refractivity contribution is 9.10. The third kappa shape index (κ3) is 3.94. The summed E-state index contributed by atoms with van der Waals surface area (Å²) in [6, 6.07) is 1.56. The Morgan fingerprint density at radius 2 is 2.33 bits per heavy atom. The van der Waals surface area contributed by atoms with E-state index in [0.29, 0.717) is 10.2 Å². The van der Waals surface area contributed by atoms with Crippen LogP contribution in [0.4, 0.5) is 5.69 Å². The quantitative estimate of drug-likeness (QED) is 0.825. The van der Waals surface area contributed by atoms with Gasteiger partial charge in [0.15, 0.2) is 0 Å². The summed E-state index contributed by atoms with van der Waals surface area (Å²) in [6.07, 6.45) is 1.42. The number of rotatable bonds is 5. The molecular weight excluding hydrogens is 302 g/mol. The zero-order valence-corrected chi connectivity index (χ0v) is 11.9. The van der Waals surface area contributed by atoms with Crippen molar-refractivity contribution in [1.29, 1.82) is 0 Å². The highest BCUT2D eigenvalue weighted by atomic mass is 79.9. The van der Waals surface area contributed by atoms with Gasteiger partial charge in [0.1, 0.15) is 0 Å². The van der Waals surface area contributed by atoms with Crippen LogP contribution in [0.2, 0.25) is 0 Å². The van der Waals surface area contributed by atoms with Crippen LogP contribution in [-0.4, -0.2) is 30.2 Å². The van der Waals surface area contributed by atoms with Gasteiger partial charge in [-0.15, -0.1) is 0 Å². The maximum Gasteiger partial charge on any atom is 0.264 e. The van der Waals surface area contributed by atoms with Crippen molar-refractivity contribution < 1.29 is 9.53 Å². The summed E-state index contributed by atoms with van der Waals surface area (Å²) >= 11 is 3.14. The van der Waals surface area contributed by atoms with E-state index in [1.54, 1.807) is 19.3 Å². The molecule has 6 nitrogen and oxygen atoms in total. The Labute approximate surface area is 113 Å². The van der Waals surface area contributed by atoms with Gasteiger partial charge in [0, 0.05) is 26.9 Å². The molecule has 1 atom stereocenters. The van der Waals surface area contributed by atoms with E-state index < -0.39 is 0 Å². The standard InChI is InChI=1S/C11H16BrN3O3/c1-15-6-7(3-9(12)11(15)17)14-10(16)4-8(5-13)18-2/h3,6,8H,4-5,13H2,1-2H3,(H,14,16). The predicted octanol–water partition coefficient (Wildman–Crippen LogP) is 0.450. The molecule has 0 aliphatic rings. The van der Waals surface area contributed by atoms with Gasteiger partial charge in [-0.05, 0) is 22.0 Å². The number of halogens is 1. The monoisotopic (exact) mass is 317 g/mol. The first-order chi connectivity index (χ1) is 8.47. The molecule has 3 N–H and O–H groups in total. The molecule has 0 aliphatic carbocycles. The van der Waals surface area contributed by atoms with Gasteiger partial charge in [-0.3, -0.25) is 9.59 Å². The van der Waals surface area contributed by atoms with Gasteiger partial charge in [0.25, 0.3) is 5.56 Å². The Kier molecular flexibility index (Phi) is 5.52. The number of hydrogen-bond donors (Lipinski definition) is 2. The largest absolute Gasteiger partial charge is 0.380 e. The number of ether oxygens (including phenoxy) is 1. The minimum Gasteiger partial charge on any atom is -0.380 e. The molecule has 100 valence electrons. The summed E-state index contributed by atoms with van der Waals surface area (Å²) in [7, 11) is 3.12. The maximum absolute atomic E-state index is 11.7. The van der Waals surface area contributed by atoms with Crippen molar-refractivity contribution >= 4 is 27.5 Å². The second-order valence-electron chi connectivity index (χ2n) is 3.84. The summed E-state index contributed by atoms with van der Waals surface area (Å²) in [6.45, 7) is 0.279. The van der Waals surface area contributed by atoms with E-state index >= 15 is 0 Å². The number of carbonyl (C=O) groups excluding carboxylic acids is 1. The minimum atomic E-state index is -0.305. The first-order valence-corrected chi connectivity index (χ1v) is 6.16. The number of amides is 1. The second kappa shape index (κ2) is 6.67. The predicted molar refractivity (Wildman–Crippen MR) is 72.5 cm³/mol. The fourth-order valence-corrected chi connectivity index (χ4v) is 1.95. The average Bonchev–Trinajstić information content (AvgIpc) is 2.32. The van der Waals surface area contributed by atoms with Crippen LogP contribution >= 0.6 is 15.9 Å². The maximum atomic E-state index is 11.7. The van der Waals surface area contributed by atoms with E-state index in [4.69, 9.17) is 10.5 Å². The summed E-state index contributed by atoms with van der Waals surface area (Å²) in [5.41, 5.74) is 5.82. The van der Waals surface area contributed by atoms with Gasteiger partial charge in [0.05, 0.1) is 22.7 Å². The Balaban J connectivity index is 2.73. The molecule has 1 aromatic rings. The minimum absolute atomic E-state index is 0.162. The number of hydrogen-bond acceptors (Lipinski definition) is 4. The number of aromatic nitrogens is 1. The Bertz CT molecular complexity index is 457. The second-order valence-corrected chi connectivity index (χ2v) is 4.69. The van der Waals surface area contributed by atoms with Crippen molar-refractivity contribution in [2.75, 3.05) is 19.0 Å². The number of nitrogens with two attached hydrogens (primary N) is 1. The fraction of sp³-hybridized carbons (Fsp3) is 0.455. The smallest absolute Gasteiger partial charge is 0.264 e. The SMILES string of the molecule is COC(CN)CC(=O)Nc1cc(Br)c(=O)n(C)c1. The Morgan fingerprint density at radius 1 is 1.67 bits per heavy atom. The molecule has 0 radical (unpaired) electrons. The first kappa shape index (κ1) is 14.9. The summed E-state index contributed by atoms with van der Waals surface area (Å²) in [5, 5.41) is 2.69. The highest BCUT2D eigenvalue weighted by Crippen LogP contribution is 2.12. The number of aryl methyl sites for hydroxylation is 1. The van der Waals surface area contributed by atoms with Gasteiger partial charge in [-0.1, -0.05) is 0 Å². The molecular formula is C11H16BrN3O3. The van der Waals surface area contributed by atoms with Gasteiger partial charge in [-0.25, -0.2) is 0 Å². The third-order valence-electron chi connectivity index (χ3n) is 2.43. The molecule has 0 fully saturated rings. The lowest BCUT2D eigenvalue weighted by atomic mass is 10.2. The number of anilines is 1. The van der Waals surface area contributed by atoms with Gasteiger partial charge in [0.2, 0.25) is 5.91 Å². The molecule has 0 spiro atoms. The first-order valence-electron chi connectivity index (χ1n) is 5.36. The zero-order chi connectivity index (χ0) is 13.7. The van der Waals surface area contributed by atoms with E-state index in [2.05, 4.69) is 21.2 Å². The topological polar surface area (TPSA) is 86.3 Å². The average molecular weight is 318 g/mol. The van der Waals surface area contributed by atoms with Crippen molar-refractivity contribution in [2.24, 2.45) is 12.8 Å². The van der Waals surface area contributed by atoms with Crippen molar-refractivity contribution in [3.63, 3.8) is 0 Å². The van der Waals surface area contributed by atoms with Gasteiger partial charge < -0.3 is 20.4 Å². The van der Waals surface area contributed by atoms with Crippen LogP contribution < -0.4 is 16.6 Å². The van der Waals surface area contributed by atoms with Crippen LogP contribution in [0.5, 0.6) is 0 Å². The van der Waals surface area contributed by atoms with Crippen LogP contribution in [-0.2, 0) is 16.6 Å². The van der Waals surface area contributed by atoms with Crippen molar-refractivity contribution in [2.45, 2.75) is 12.5 Å². The van der Waals surface area contributed by atoms with Crippen LogP contribution in [0.3, 0.4) is 0 Å². The number of pyridine rings is 1. The molecule has 0 bridgehead atoms. The van der Waals surface area contributed by atoms with Gasteiger partial charge >= 0.3 is 0 Å². The molecule has 7 heteroatoms. The van der Waals surface area contributed by atoms with E-state index in [1.165, 1.54) is 11.7 Å². The molecule has 1 amide bonds. The highest BCUT2D eigenvalue weighted by Gasteiger charge is 2.12. The van der Waals surface area contributed by atoms with Crippen molar-refractivity contribution in [3.05, 3.63) is 27.1 Å². The van der Waals surface area contributed by atoms with Crippen LogP contribution in [0.25, 0.3) is 0 Å². The molecule has 0 saturated carbocycles. The number of nitrogens with one attached hydrogen (secondary N) is 1. The molecule has 0 aromatic carbocycles. The number of methoxy groups -OCH3 is 1. The number of nitrogens with zero attached hydrogens (tertiary/aromatic N) is 1. The molecule has 1 rings (SSSR count). The zero-order valence-electron chi connectivity index (χ0n) is 10.3. The lowest BCUT2D eigenvalue weighted by Crippen LogP contribution is -2.28. The van der Waals surface area contributed by atoms with Gasteiger partial charge in [-0.2, -0.15) is 0 Å². The molecule has 1 aromatic heterocycles. The Morgan fingerprint density at radius 3 is 2.83 bits per heavy atom. The van der Waals surface area contributed by atoms with Crippen LogP contribution in [0.1, 0.15) is 6.42 Å². The van der Waals surface area contributed by atoms with E-state index in [0.717, 1.165) is 0 Å². The van der Waals surface area contributed by atoms with Crippen molar-refractivity contribution in [3.8, 4) is 0 Å². The molecule has 0 aliphatic heterocycles. The lowest BCUT2D eigenvalue weighted by molar-refractivity contribution is -0.118. The van der Waals surface area contributed by atoms with E-state index in [1.807, 2.05) is 0 Å². The summed E-state index contributed by atoms with van der Waals surface area (Å²) in [4.78, 5) is 23.1. The molecule has 0 saturated heterocycles. The fourth-order valence-electron chi connectivity index (χ4n) is 1.42. The molecule has 1 unspecified atom stereocenters. The lowest BCUT2D eigenvalue weighted by Gasteiger charge is -2.13. The molecule has 18 heavy (non-hydrogen) atoms. The van der Waals surface area contributed by atoms with Crippen molar-refractivity contribution in [1.82, 2.24) is 4.57 Å². The van der Waals surface area contributed by atoms with Crippen LogP contribution in [0.15, 0.2) is 21.5 Å². The molecule has 1 heterocycles. The third-order valence-corrected chi connectivity index (χ3v) is 3.00. The van der Waals surface area contributed by atoms with E-state index in [-0.39, 0.29) is 30.5 Å².